The van der Waals surface area contributed by atoms with Gasteiger partial charge >= 0.3 is 5.51 Å². The molecular weight excluding hydrogens is 287 g/mol. The van der Waals surface area contributed by atoms with E-state index in [0.29, 0.717) is 28.8 Å². The van der Waals surface area contributed by atoms with Gasteiger partial charge in [-0.25, -0.2) is 9.97 Å². The average Bonchev–Trinajstić information content (AvgIpc) is 2.28. The van der Waals surface area contributed by atoms with Crippen LogP contribution in [0, 0.1) is 6.92 Å². The van der Waals surface area contributed by atoms with Gasteiger partial charge in [0.1, 0.15) is 16.8 Å². The van der Waals surface area contributed by atoms with Crippen LogP contribution in [0.5, 0.6) is 0 Å². The van der Waals surface area contributed by atoms with Crippen LogP contribution in [0.4, 0.5) is 19.0 Å². The monoisotopic (exact) mass is 299 g/mol. The highest BCUT2D eigenvalue weighted by atomic mass is 35.5. The summed E-state index contributed by atoms with van der Waals surface area (Å²) in [5.74, 6) is 0.984. The van der Waals surface area contributed by atoms with Crippen molar-refractivity contribution >= 4 is 29.2 Å². The van der Waals surface area contributed by atoms with Gasteiger partial charge in [-0.1, -0.05) is 18.5 Å². The third kappa shape index (κ3) is 4.89. The van der Waals surface area contributed by atoms with Crippen molar-refractivity contribution < 1.29 is 13.2 Å². The van der Waals surface area contributed by atoms with Gasteiger partial charge in [0, 0.05) is 24.3 Å². The number of alkyl halides is 3. The van der Waals surface area contributed by atoms with E-state index in [0.717, 1.165) is 0 Å². The van der Waals surface area contributed by atoms with Crippen molar-refractivity contribution in [3.8, 4) is 0 Å². The Kier molecular flexibility index (Phi) is 5.52. The van der Waals surface area contributed by atoms with Crippen LogP contribution >= 0.6 is 23.4 Å². The summed E-state index contributed by atoms with van der Waals surface area (Å²) in [4.78, 5) is 8.24. The molecule has 0 saturated heterocycles. The van der Waals surface area contributed by atoms with E-state index in [1.54, 1.807) is 6.92 Å². The first-order valence-electron chi connectivity index (χ1n) is 5.31. The lowest BCUT2D eigenvalue weighted by molar-refractivity contribution is -0.0327. The number of anilines is 1. The Morgan fingerprint density at radius 3 is 2.56 bits per heavy atom. The minimum atomic E-state index is -4.20. The first-order valence-corrected chi connectivity index (χ1v) is 6.67. The zero-order valence-corrected chi connectivity index (χ0v) is 11.5. The van der Waals surface area contributed by atoms with Crippen LogP contribution in [0.15, 0.2) is 0 Å². The molecule has 0 atom stereocenters. The van der Waals surface area contributed by atoms with Crippen LogP contribution in [0.3, 0.4) is 0 Å². The molecule has 102 valence electrons. The molecule has 0 radical (unpaired) electrons. The number of rotatable bonds is 5. The third-order valence-electron chi connectivity index (χ3n) is 2.11. The zero-order valence-electron chi connectivity index (χ0n) is 9.94. The molecule has 0 aliphatic rings. The topological polar surface area (TPSA) is 37.8 Å². The molecular formula is C10H13ClF3N3S. The first kappa shape index (κ1) is 15.4. The van der Waals surface area contributed by atoms with Gasteiger partial charge in [0.25, 0.3) is 0 Å². The van der Waals surface area contributed by atoms with Crippen molar-refractivity contribution in [2.45, 2.75) is 25.8 Å². The standard InChI is InChI=1S/C10H13ClF3N3S/c1-3-7-16-8(11)6(2)9(17-7)15-4-5-18-10(12,13)14/h3-5H2,1-2H3,(H,15,16,17). The normalized spacial score (nSPS) is 11.7. The van der Waals surface area contributed by atoms with Crippen molar-refractivity contribution in [3.05, 3.63) is 16.5 Å². The largest absolute Gasteiger partial charge is 0.441 e. The molecule has 1 N–H and O–H groups in total. The van der Waals surface area contributed by atoms with Crippen LogP contribution in [0.25, 0.3) is 0 Å². The predicted octanol–water partition coefficient (Wildman–Crippen LogP) is 3.67. The van der Waals surface area contributed by atoms with Gasteiger partial charge in [0.05, 0.1) is 0 Å². The molecule has 8 heteroatoms. The van der Waals surface area contributed by atoms with Gasteiger partial charge in [0.15, 0.2) is 0 Å². The van der Waals surface area contributed by atoms with E-state index in [4.69, 9.17) is 11.6 Å². The Morgan fingerprint density at radius 2 is 2.00 bits per heavy atom. The fourth-order valence-corrected chi connectivity index (χ4v) is 1.82. The van der Waals surface area contributed by atoms with Crippen LogP contribution in [0.2, 0.25) is 5.15 Å². The number of hydrogen-bond donors (Lipinski definition) is 1. The number of halogens is 4. The minimum absolute atomic E-state index is 0.0661. The second kappa shape index (κ2) is 6.47. The molecule has 1 heterocycles. The molecule has 0 saturated carbocycles. The lowest BCUT2D eigenvalue weighted by Gasteiger charge is -2.11. The summed E-state index contributed by atoms with van der Waals surface area (Å²) in [7, 11) is 0. The first-order chi connectivity index (χ1) is 8.33. The molecule has 0 fully saturated rings. The molecule has 0 aliphatic carbocycles. The molecule has 18 heavy (non-hydrogen) atoms. The van der Waals surface area contributed by atoms with E-state index in [2.05, 4.69) is 15.3 Å². The lowest BCUT2D eigenvalue weighted by atomic mass is 10.3. The van der Waals surface area contributed by atoms with E-state index >= 15 is 0 Å². The van der Waals surface area contributed by atoms with Crippen LogP contribution < -0.4 is 5.32 Å². The second-order valence-corrected chi connectivity index (χ2v) is 5.00. The van der Waals surface area contributed by atoms with E-state index in [9.17, 15) is 13.2 Å². The number of hydrogen-bond acceptors (Lipinski definition) is 4. The Labute approximate surface area is 113 Å². The van der Waals surface area contributed by atoms with E-state index in [1.165, 1.54) is 0 Å². The molecule has 3 nitrogen and oxygen atoms in total. The number of nitrogens with zero attached hydrogens (tertiary/aromatic N) is 2. The Hall–Kier alpha value is -0.690. The average molecular weight is 300 g/mol. The maximum Gasteiger partial charge on any atom is 0.441 e. The van der Waals surface area contributed by atoms with Gasteiger partial charge in [-0.2, -0.15) is 13.2 Å². The van der Waals surface area contributed by atoms with Crippen LogP contribution in [0.1, 0.15) is 18.3 Å². The van der Waals surface area contributed by atoms with Crippen molar-refractivity contribution in [2.24, 2.45) is 0 Å². The molecule has 0 aliphatic heterocycles. The summed E-state index contributed by atoms with van der Waals surface area (Å²) in [6.45, 7) is 3.77. The fourth-order valence-electron chi connectivity index (χ4n) is 1.20. The number of aromatic nitrogens is 2. The fraction of sp³-hybridized carbons (Fsp3) is 0.600. The lowest BCUT2D eigenvalue weighted by Crippen LogP contribution is -2.12. The van der Waals surface area contributed by atoms with Gasteiger partial charge in [-0.15, -0.1) is 0 Å². The molecule has 0 bridgehead atoms. The van der Waals surface area contributed by atoms with Crippen molar-refractivity contribution in [1.29, 1.82) is 0 Å². The molecule has 1 rings (SSSR count). The summed E-state index contributed by atoms with van der Waals surface area (Å²) in [5.41, 5.74) is -3.56. The maximum atomic E-state index is 11.9. The van der Waals surface area contributed by atoms with E-state index in [1.807, 2.05) is 6.92 Å². The van der Waals surface area contributed by atoms with Crippen molar-refractivity contribution in [2.75, 3.05) is 17.6 Å². The second-order valence-electron chi connectivity index (χ2n) is 3.48. The summed E-state index contributed by atoms with van der Waals surface area (Å²) in [6, 6.07) is 0. The maximum absolute atomic E-state index is 11.9. The Morgan fingerprint density at radius 1 is 1.33 bits per heavy atom. The zero-order chi connectivity index (χ0) is 13.8. The number of thioether (sulfide) groups is 1. The van der Waals surface area contributed by atoms with Gasteiger partial charge in [-0.3, -0.25) is 0 Å². The smallest absolute Gasteiger partial charge is 0.369 e. The quantitative estimate of drug-likeness (QED) is 0.665. The summed E-state index contributed by atoms with van der Waals surface area (Å²) < 4.78 is 35.8. The summed E-state index contributed by atoms with van der Waals surface area (Å²) >= 11 is 5.84. The van der Waals surface area contributed by atoms with E-state index < -0.39 is 5.51 Å². The van der Waals surface area contributed by atoms with Crippen molar-refractivity contribution in [3.63, 3.8) is 0 Å². The predicted molar refractivity (Wildman–Crippen MR) is 68.2 cm³/mol. The Balaban J connectivity index is 2.59. The molecule has 1 aromatic heterocycles. The van der Waals surface area contributed by atoms with Gasteiger partial charge in [0.2, 0.25) is 0 Å². The molecule has 0 aromatic carbocycles. The third-order valence-corrected chi connectivity index (χ3v) is 3.21. The summed E-state index contributed by atoms with van der Waals surface area (Å²) in [5, 5.41) is 3.17. The molecule has 0 spiro atoms. The van der Waals surface area contributed by atoms with E-state index in [-0.39, 0.29) is 24.1 Å². The molecule has 0 amide bonds. The number of nitrogens with one attached hydrogen (secondary N) is 1. The van der Waals surface area contributed by atoms with Gasteiger partial charge < -0.3 is 5.32 Å². The Bertz CT molecular complexity index is 412. The molecule has 1 aromatic rings. The van der Waals surface area contributed by atoms with Crippen molar-refractivity contribution in [1.82, 2.24) is 9.97 Å². The van der Waals surface area contributed by atoms with Crippen LogP contribution in [-0.2, 0) is 6.42 Å². The van der Waals surface area contributed by atoms with Gasteiger partial charge in [-0.05, 0) is 18.7 Å². The van der Waals surface area contributed by atoms with Crippen LogP contribution in [-0.4, -0.2) is 27.8 Å². The SMILES string of the molecule is CCc1nc(Cl)c(C)c(NCCSC(F)(F)F)n1. The molecule has 0 unspecified atom stereocenters. The highest BCUT2D eigenvalue weighted by Crippen LogP contribution is 2.29. The highest BCUT2D eigenvalue weighted by Gasteiger charge is 2.27. The summed E-state index contributed by atoms with van der Waals surface area (Å²) in [6.07, 6.45) is 0.617. The highest BCUT2D eigenvalue weighted by molar-refractivity contribution is 8.00. The number of aryl methyl sites for hydroxylation is 1. The minimum Gasteiger partial charge on any atom is -0.369 e.